The van der Waals surface area contributed by atoms with E-state index in [0.717, 1.165) is 57.2 Å². The van der Waals surface area contributed by atoms with Gasteiger partial charge in [0.05, 0.1) is 5.00 Å². The second kappa shape index (κ2) is 10.6. The lowest BCUT2D eigenvalue weighted by molar-refractivity contribution is 0.373. The first-order valence-corrected chi connectivity index (χ1v) is 9.74. The number of nitrogens with zero attached hydrogens (tertiary/aromatic N) is 3. The molecule has 7 heteroatoms. The van der Waals surface area contributed by atoms with Crippen molar-refractivity contribution < 1.29 is 5.11 Å². The van der Waals surface area contributed by atoms with Gasteiger partial charge >= 0.3 is 0 Å². The van der Waals surface area contributed by atoms with E-state index in [1.54, 1.807) is 17.4 Å². The summed E-state index contributed by atoms with van der Waals surface area (Å²) >= 11 is 1.80. The quantitative estimate of drug-likeness (QED) is 0.387. The molecule has 3 rings (SSSR count). The van der Waals surface area contributed by atoms with E-state index in [9.17, 15) is 5.11 Å². The Morgan fingerprint density at radius 1 is 1.19 bits per heavy atom. The minimum Gasteiger partial charge on any atom is -0.508 e. The number of hydrogen-bond donors (Lipinski definition) is 2. The van der Waals surface area contributed by atoms with Gasteiger partial charge in [0.1, 0.15) is 5.75 Å². The molecule has 0 aliphatic carbocycles. The molecule has 0 saturated carbocycles. The second-order valence-corrected chi connectivity index (χ2v) is 7.01. The Labute approximate surface area is 176 Å². The molecule has 0 amide bonds. The average Bonchev–Trinajstić information content (AvgIpc) is 3.16. The van der Waals surface area contributed by atoms with Crippen LogP contribution in [-0.4, -0.2) is 55.2 Å². The number of nitrogens with one attached hydrogen (secondary N) is 1. The van der Waals surface area contributed by atoms with E-state index in [2.05, 4.69) is 39.6 Å². The summed E-state index contributed by atoms with van der Waals surface area (Å²) in [6, 6.07) is 11.7. The molecule has 2 N–H and O–H groups in total. The third-order valence-electron chi connectivity index (χ3n) is 4.30. The first-order valence-electron chi connectivity index (χ1n) is 8.86. The molecule has 142 valence electrons. The fraction of sp³-hybridized carbons (Fsp3) is 0.421. The fourth-order valence-electron chi connectivity index (χ4n) is 3.02. The summed E-state index contributed by atoms with van der Waals surface area (Å²) in [6.07, 6.45) is 0.832. The van der Waals surface area contributed by atoms with E-state index in [1.807, 2.05) is 18.2 Å². The van der Waals surface area contributed by atoms with Gasteiger partial charge in [-0.15, -0.1) is 35.3 Å². The molecule has 0 spiro atoms. The largest absolute Gasteiger partial charge is 0.508 e. The first-order chi connectivity index (χ1) is 12.3. The monoisotopic (exact) mass is 486 g/mol. The molecule has 0 bridgehead atoms. The first kappa shape index (κ1) is 20.8. The number of halogens is 1. The predicted octanol–water partition coefficient (Wildman–Crippen LogP) is 3.40. The number of rotatable bonds is 5. The molecular formula is C19H27IN4OS. The van der Waals surface area contributed by atoms with Crippen LogP contribution in [0.2, 0.25) is 0 Å². The Balaban J connectivity index is 0.00000243. The van der Waals surface area contributed by atoms with Gasteiger partial charge in [-0.1, -0.05) is 12.1 Å². The number of aliphatic imine (C=N–C) groups is 1. The highest BCUT2D eigenvalue weighted by molar-refractivity contribution is 14.0. The van der Waals surface area contributed by atoms with E-state index in [1.165, 1.54) is 5.00 Å². The van der Waals surface area contributed by atoms with Gasteiger partial charge in [-0.25, -0.2) is 0 Å². The van der Waals surface area contributed by atoms with Crippen molar-refractivity contribution in [2.75, 3.05) is 44.2 Å². The molecular weight excluding hydrogens is 459 g/mol. The lowest BCUT2D eigenvalue weighted by Crippen LogP contribution is -2.52. The van der Waals surface area contributed by atoms with Gasteiger partial charge in [0.15, 0.2) is 5.96 Å². The van der Waals surface area contributed by atoms with Crippen molar-refractivity contribution in [1.29, 1.82) is 0 Å². The number of phenols is 1. The van der Waals surface area contributed by atoms with E-state index in [0.29, 0.717) is 5.75 Å². The van der Waals surface area contributed by atoms with Gasteiger partial charge in [-0.05, 0) is 48.6 Å². The molecule has 1 aliphatic rings. The van der Waals surface area contributed by atoms with E-state index in [-0.39, 0.29) is 24.0 Å². The van der Waals surface area contributed by atoms with Gasteiger partial charge in [0.2, 0.25) is 0 Å². The van der Waals surface area contributed by atoms with Crippen LogP contribution in [0, 0.1) is 0 Å². The molecule has 1 aromatic heterocycles. The van der Waals surface area contributed by atoms with Gasteiger partial charge in [0.25, 0.3) is 0 Å². The van der Waals surface area contributed by atoms with Crippen molar-refractivity contribution in [3.05, 3.63) is 47.3 Å². The normalized spacial score (nSPS) is 14.9. The Morgan fingerprint density at radius 3 is 2.65 bits per heavy atom. The molecule has 1 fully saturated rings. The SMILES string of the molecule is CCNC(=NCCc1cccc(O)c1)N1CCN(c2cccs2)CC1.I. The molecule has 0 unspecified atom stereocenters. The zero-order valence-corrected chi connectivity index (χ0v) is 18.2. The predicted molar refractivity (Wildman–Crippen MR) is 121 cm³/mol. The maximum Gasteiger partial charge on any atom is 0.194 e. The number of benzene rings is 1. The second-order valence-electron chi connectivity index (χ2n) is 6.08. The van der Waals surface area contributed by atoms with Crippen LogP contribution in [0.4, 0.5) is 5.00 Å². The van der Waals surface area contributed by atoms with Crippen molar-refractivity contribution in [2.24, 2.45) is 4.99 Å². The standard InChI is InChI=1S/C19H26N4OS.HI/c1-2-20-19(21-9-8-16-5-3-6-17(24)15-16)23-12-10-22(11-13-23)18-7-4-14-25-18;/h3-7,14-15,24H,2,8-13H2,1H3,(H,20,21);1H. The van der Waals surface area contributed by atoms with Crippen molar-refractivity contribution in [3.8, 4) is 5.75 Å². The third kappa shape index (κ3) is 5.77. The summed E-state index contributed by atoms with van der Waals surface area (Å²) in [6.45, 7) is 7.71. The molecule has 5 nitrogen and oxygen atoms in total. The number of anilines is 1. The maximum absolute atomic E-state index is 9.55. The summed E-state index contributed by atoms with van der Waals surface area (Å²) in [5.74, 6) is 1.31. The van der Waals surface area contributed by atoms with Crippen molar-refractivity contribution in [1.82, 2.24) is 10.2 Å². The molecule has 1 saturated heterocycles. The fourth-order valence-corrected chi connectivity index (χ4v) is 3.80. The van der Waals surface area contributed by atoms with Crippen LogP contribution < -0.4 is 10.2 Å². The topological polar surface area (TPSA) is 51.1 Å². The van der Waals surface area contributed by atoms with Gasteiger partial charge in [-0.2, -0.15) is 0 Å². The van der Waals surface area contributed by atoms with Crippen LogP contribution >= 0.6 is 35.3 Å². The van der Waals surface area contributed by atoms with E-state index >= 15 is 0 Å². The van der Waals surface area contributed by atoms with Gasteiger partial charge in [0, 0.05) is 39.3 Å². The van der Waals surface area contributed by atoms with Crippen LogP contribution in [-0.2, 0) is 6.42 Å². The minimum atomic E-state index is 0. The van der Waals surface area contributed by atoms with E-state index in [4.69, 9.17) is 4.99 Å². The minimum absolute atomic E-state index is 0. The Bertz CT molecular complexity index is 685. The molecule has 26 heavy (non-hydrogen) atoms. The number of piperazine rings is 1. The van der Waals surface area contributed by atoms with Crippen molar-refractivity contribution in [3.63, 3.8) is 0 Å². The number of phenolic OH excluding ortho intramolecular Hbond substituents is 1. The lowest BCUT2D eigenvalue weighted by Gasteiger charge is -2.37. The summed E-state index contributed by atoms with van der Waals surface area (Å²) in [4.78, 5) is 9.57. The zero-order chi connectivity index (χ0) is 17.5. The molecule has 1 aromatic carbocycles. The van der Waals surface area contributed by atoms with E-state index < -0.39 is 0 Å². The molecule has 2 heterocycles. The highest BCUT2D eigenvalue weighted by Gasteiger charge is 2.20. The number of aromatic hydroxyl groups is 1. The summed E-state index contributed by atoms with van der Waals surface area (Å²) < 4.78 is 0. The number of hydrogen-bond acceptors (Lipinski definition) is 4. The van der Waals surface area contributed by atoms with Crippen molar-refractivity contribution >= 4 is 46.3 Å². The molecule has 0 radical (unpaired) electrons. The Hall–Kier alpha value is -1.48. The van der Waals surface area contributed by atoms with Gasteiger partial charge in [-0.3, -0.25) is 4.99 Å². The summed E-state index contributed by atoms with van der Waals surface area (Å²) in [5, 5.41) is 16.4. The van der Waals surface area contributed by atoms with Crippen LogP contribution in [0.5, 0.6) is 5.75 Å². The third-order valence-corrected chi connectivity index (χ3v) is 5.23. The molecule has 0 atom stereocenters. The highest BCUT2D eigenvalue weighted by Crippen LogP contribution is 2.22. The Morgan fingerprint density at radius 2 is 2.00 bits per heavy atom. The highest BCUT2D eigenvalue weighted by atomic mass is 127. The van der Waals surface area contributed by atoms with Crippen LogP contribution in [0.1, 0.15) is 12.5 Å². The molecule has 2 aromatic rings. The average molecular weight is 486 g/mol. The number of guanidine groups is 1. The molecule has 1 aliphatic heterocycles. The van der Waals surface area contributed by atoms with Crippen molar-refractivity contribution in [2.45, 2.75) is 13.3 Å². The number of thiophene rings is 1. The smallest absolute Gasteiger partial charge is 0.194 e. The summed E-state index contributed by atoms with van der Waals surface area (Å²) in [5.41, 5.74) is 1.11. The summed E-state index contributed by atoms with van der Waals surface area (Å²) in [7, 11) is 0. The van der Waals surface area contributed by atoms with Crippen LogP contribution in [0.15, 0.2) is 46.8 Å². The maximum atomic E-state index is 9.55. The van der Waals surface area contributed by atoms with Crippen LogP contribution in [0.25, 0.3) is 0 Å². The Kier molecular flexibility index (Phi) is 8.50. The lowest BCUT2D eigenvalue weighted by atomic mass is 10.1. The van der Waals surface area contributed by atoms with Crippen LogP contribution in [0.3, 0.4) is 0 Å². The van der Waals surface area contributed by atoms with Gasteiger partial charge < -0.3 is 20.2 Å². The zero-order valence-electron chi connectivity index (χ0n) is 15.1.